The smallest absolute Gasteiger partial charge is 0.236 e. The van der Waals surface area contributed by atoms with Crippen LogP contribution in [-0.4, -0.2) is 36.5 Å². The predicted molar refractivity (Wildman–Crippen MR) is 57.6 cm³/mol. The van der Waals surface area contributed by atoms with Crippen LogP contribution in [0.1, 0.15) is 26.7 Å². The van der Waals surface area contributed by atoms with Gasteiger partial charge in [-0.2, -0.15) is 0 Å². The van der Waals surface area contributed by atoms with Gasteiger partial charge in [0.25, 0.3) is 0 Å². The summed E-state index contributed by atoms with van der Waals surface area (Å²) in [6.45, 7) is 3.74. The fraction of sp³-hybridized carbons (Fsp3) is 0.750. The van der Waals surface area contributed by atoms with Crippen molar-refractivity contribution in [3.8, 4) is 0 Å². The fourth-order valence-corrected chi connectivity index (χ4v) is 3.44. The number of ketones is 2. The lowest BCUT2D eigenvalue weighted by atomic mass is 9.68. The minimum atomic E-state index is -1.09. The van der Waals surface area contributed by atoms with E-state index in [4.69, 9.17) is 0 Å². The number of hydrogen-bond donors (Lipinski definition) is 0. The molecule has 0 saturated heterocycles. The van der Waals surface area contributed by atoms with Crippen molar-refractivity contribution in [1.82, 2.24) is 4.90 Å². The van der Waals surface area contributed by atoms with Crippen molar-refractivity contribution < 1.29 is 14.4 Å². The van der Waals surface area contributed by atoms with Crippen molar-refractivity contribution in [2.24, 2.45) is 16.7 Å². The molecule has 2 aliphatic carbocycles. The van der Waals surface area contributed by atoms with Crippen LogP contribution in [0.4, 0.5) is 0 Å². The third-order valence-electron chi connectivity index (χ3n) is 4.48. The highest BCUT2D eigenvalue weighted by molar-refractivity contribution is 6.47. The minimum absolute atomic E-state index is 0.212. The first-order valence-corrected chi connectivity index (χ1v) is 5.57. The van der Waals surface area contributed by atoms with E-state index in [1.54, 1.807) is 14.1 Å². The molecule has 4 heteroatoms. The molecule has 4 nitrogen and oxygen atoms in total. The summed E-state index contributed by atoms with van der Waals surface area (Å²) in [5.41, 5.74) is -1.61. The van der Waals surface area contributed by atoms with Gasteiger partial charge in [0.2, 0.25) is 17.5 Å². The molecule has 2 fully saturated rings. The summed E-state index contributed by atoms with van der Waals surface area (Å²) in [5, 5.41) is 0. The summed E-state index contributed by atoms with van der Waals surface area (Å²) in [4.78, 5) is 37.5. The molecule has 2 atom stereocenters. The number of rotatable bonds is 1. The molecular formula is C12H17NO3. The molecule has 0 heterocycles. The molecule has 2 rings (SSSR count). The minimum Gasteiger partial charge on any atom is -0.348 e. The maximum atomic E-state index is 12.2. The van der Waals surface area contributed by atoms with Gasteiger partial charge < -0.3 is 4.90 Å². The Morgan fingerprint density at radius 3 is 2.25 bits per heavy atom. The van der Waals surface area contributed by atoms with Crippen LogP contribution in [0.15, 0.2) is 0 Å². The van der Waals surface area contributed by atoms with Gasteiger partial charge in [-0.1, -0.05) is 13.8 Å². The molecule has 88 valence electrons. The Bertz CT molecular complexity index is 397. The topological polar surface area (TPSA) is 54.5 Å². The van der Waals surface area contributed by atoms with Gasteiger partial charge >= 0.3 is 0 Å². The summed E-state index contributed by atoms with van der Waals surface area (Å²) in [6.07, 6.45) is 1.18. The number of amides is 1. The molecule has 0 spiro atoms. The van der Waals surface area contributed by atoms with Crippen molar-refractivity contribution in [2.45, 2.75) is 26.7 Å². The first kappa shape index (κ1) is 11.3. The quantitative estimate of drug-likeness (QED) is 0.484. The third-order valence-corrected chi connectivity index (χ3v) is 4.48. The van der Waals surface area contributed by atoms with E-state index in [0.717, 1.165) is 0 Å². The normalized spacial score (nSPS) is 35.6. The molecule has 0 aromatic rings. The Hall–Kier alpha value is -1.19. The number of carbonyl (C=O) groups is 3. The highest BCUT2D eigenvalue weighted by Crippen LogP contribution is 2.62. The van der Waals surface area contributed by atoms with Gasteiger partial charge in [-0.3, -0.25) is 14.4 Å². The lowest BCUT2D eigenvalue weighted by Crippen LogP contribution is -2.49. The lowest BCUT2D eigenvalue weighted by Gasteiger charge is -2.35. The standard InChI is InChI=1S/C12H17NO3/c1-11(2)7-5-6-12(11,9(15)8(7)14)10(16)13(3)4/h7H,5-6H2,1-4H3/t7-,12-/m0/s1. The zero-order valence-corrected chi connectivity index (χ0v) is 10.2. The molecule has 2 aliphatic rings. The van der Waals surface area contributed by atoms with E-state index in [2.05, 4.69) is 0 Å². The molecule has 0 N–H and O–H groups in total. The second kappa shape index (κ2) is 2.93. The Labute approximate surface area is 95.0 Å². The predicted octanol–water partition coefficient (Wildman–Crippen LogP) is 0.649. The van der Waals surface area contributed by atoms with Crippen molar-refractivity contribution in [2.75, 3.05) is 14.1 Å². The van der Waals surface area contributed by atoms with Gasteiger partial charge in [0.15, 0.2) is 0 Å². The number of hydrogen-bond acceptors (Lipinski definition) is 3. The van der Waals surface area contributed by atoms with Crippen LogP contribution in [-0.2, 0) is 14.4 Å². The Kier molecular flexibility index (Phi) is 2.07. The van der Waals surface area contributed by atoms with E-state index in [0.29, 0.717) is 12.8 Å². The largest absolute Gasteiger partial charge is 0.348 e. The van der Waals surface area contributed by atoms with Gasteiger partial charge in [-0.25, -0.2) is 0 Å². The number of Topliss-reactive ketones (excluding diaryl/α,β-unsaturated/α-hetero) is 2. The molecule has 2 bridgehead atoms. The Morgan fingerprint density at radius 2 is 1.88 bits per heavy atom. The van der Waals surface area contributed by atoms with Crippen molar-refractivity contribution in [1.29, 1.82) is 0 Å². The fourth-order valence-electron chi connectivity index (χ4n) is 3.44. The number of carbonyl (C=O) groups excluding carboxylic acids is 3. The van der Waals surface area contributed by atoms with Crippen molar-refractivity contribution in [3.63, 3.8) is 0 Å². The second-order valence-electron chi connectivity index (χ2n) is 5.61. The van der Waals surface area contributed by atoms with Crippen LogP contribution in [0.5, 0.6) is 0 Å². The molecule has 0 aromatic heterocycles. The first-order chi connectivity index (χ1) is 7.26. The van der Waals surface area contributed by atoms with Crippen LogP contribution in [0, 0.1) is 16.7 Å². The van der Waals surface area contributed by atoms with E-state index >= 15 is 0 Å². The van der Waals surface area contributed by atoms with E-state index in [-0.39, 0.29) is 17.6 Å². The van der Waals surface area contributed by atoms with E-state index in [1.807, 2.05) is 13.8 Å². The van der Waals surface area contributed by atoms with Crippen LogP contribution >= 0.6 is 0 Å². The monoisotopic (exact) mass is 223 g/mol. The highest BCUT2D eigenvalue weighted by Gasteiger charge is 2.72. The number of fused-ring (bicyclic) bond motifs is 2. The number of nitrogens with zero attached hydrogens (tertiary/aromatic N) is 1. The molecule has 0 aromatic carbocycles. The van der Waals surface area contributed by atoms with Gasteiger partial charge in [-0.15, -0.1) is 0 Å². The van der Waals surface area contributed by atoms with E-state index in [9.17, 15) is 14.4 Å². The zero-order chi connectivity index (χ0) is 12.3. The van der Waals surface area contributed by atoms with Gasteiger partial charge in [0, 0.05) is 20.0 Å². The molecule has 2 saturated carbocycles. The summed E-state index contributed by atoms with van der Waals surface area (Å²) < 4.78 is 0. The second-order valence-corrected chi connectivity index (χ2v) is 5.61. The van der Waals surface area contributed by atoms with Gasteiger partial charge in [-0.05, 0) is 18.3 Å². The molecule has 0 unspecified atom stereocenters. The third kappa shape index (κ3) is 0.931. The van der Waals surface area contributed by atoms with E-state index < -0.39 is 16.6 Å². The SMILES string of the molecule is CN(C)C(=O)[C@]12CC[C@@H](C(=O)C1=O)C2(C)C. The maximum absolute atomic E-state index is 12.2. The molecule has 0 radical (unpaired) electrons. The van der Waals surface area contributed by atoms with E-state index in [1.165, 1.54) is 4.90 Å². The lowest BCUT2D eigenvalue weighted by molar-refractivity contribution is -0.153. The van der Waals surface area contributed by atoms with Crippen molar-refractivity contribution in [3.05, 3.63) is 0 Å². The maximum Gasteiger partial charge on any atom is 0.236 e. The molecular weight excluding hydrogens is 206 g/mol. The average Bonchev–Trinajstić information content (AvgIpc) is 2.53. The Balaban J connectivity index is 2.58. The summed E-state index contributed by atoms with van der Waals surface area (Å²) in [6, 6.07) is 0. The highest BCUT2D eigenvalue weighted by atomic mass is 16.2. The average molecular weight is 223 g/mol. The summed E-state index contributed by atoms with van der Waals surface area (Å²) in [7, 11) is 3.27. The van der Waals surface area contributed by atoms with Crippen molar-refractivity contribution >= 4 is 17.5 Å². The van der Waals surface area contributed by atoms with Gasteiger partial charge in [0.1, 0.15) is 5.41 Å². The molecule has 16 heavy (non-hydrogen) atoms. The van der Waals surface area contributed by atoms with Gasteiger partial charge in [0.05, 0.1) is 0 Å². The van der Waals surface area contributed by atoms with Crippen LogP contribution in [0.25, 0.3) is 0 Å². The summed E-state index contributed by atoms with van der Waals surface area (Å²) >= 11 is 0. The molecule has 0 aliphatic heterocycles. The summed E-state index contributed by atoms with van der Waals surface area (Å²) in [5.74, 6) is -1.28. The Morgan fingerprint density at radius 1 is 1.31 bits per heavy atom. The molecule has 1 amide bonds. The zero-order valence-electron chi connectivity index (χ0n) is 10.2. The van der Waals surface area contributed by atoms with Crippen LogP contribution < -0.4 is 0 Å². The van der Waals surface area contributed by atoms with Crippen LogP contribution in [0.3, 0.4) is 0 Å². The van der Waals surface area contributed by atoms with Crippen LogP contribution in [0.2, 0.25) is 0 Å². The first-order valence-electron chi connectivity index (χ1n) is 5.57.